The molecule has 0 unspecified atom stereocenters. The molecule has 0 aliphatic heterocycles. The van der Waals surface area contributed by atoms with Crippen molar-refractivity contribution in [1.29, 1.82) is 0 Å². The molecule has 0 atom stereocenters. The summed E-state index contributed by atoms with van der Waals surface area (Å²) in [7, 11) is -3.23. The highest BCUT2D eigenvalue weighted by Crippen LogP contribution is 2.32. The lowest BCUT2D eigenvalue weighted by molar-refractivity contribution is 0.157. The lowest BCUT2D eigenvalue weighted by atomic mass is 9.97. The van der Waals surface area contributed by atoms with Gasteiger partial charge in [-0.3, -0.25) is 0 Å². The molecule has 112 valence electrons. The first-order chi connectivity index (χ1) is 10.1. The fraction of sp³-hybridized carbons (Fsp3) is 0.412. The third-order valence-electron chi connectivity index (χ3n) is 4.09. The van der Waals surface area contributed by atoms with Crippen molar-refractivity contribution >= 4 is 20.6 Å². The Labute approximate surface area is 125 Å². The van der Waals surface area contributed by atoms with Gasteiger partial charge in [0.1, 0.15) is 5.75 Å². The maximum atomic E-state index is 11.9. The summed E-state index contributed by atoms with van der Waals surface area (Å²) < 4.78 is 30.0. The van der Waals surface area contributed by atoms with Gasteiger partial charge in [-0.05, 0) is 37.8 Å². The highest BCUT2D eigenvalue weighted by molar-refractivity contribution is 7.91. The van der Waals surface area contributed by atoms with Gasteiger partial charge in [0.15, 0.2) is 9.84 Å². The van der Waals surface area contributed by atoms with Crippen molar-refractivity contribution < 1.29 is 13.2 Å². The Morgan fingerprint density at radius 1 is 0.952 bits per heavy atom. The van der Waals surface area contributed by atoms with Crippen molar-refractivity contribution in [3.8, 4) is 5.75 Å². The van der Waals surface area contributed by atoms with Gasteiger partial charge in [-0.15, -0.1) is 0 Å². The molecule has 1 saturated carbocycles. The summed E-state index contributed by atoms with van der Waals surface area (Å²) in [6, 6.07) is 11.0. The second kappa shape index (κ2) is 5.68. The van der Waals surface area contributed by atoms with E-state index in [0.29, 0.717) is 4.90 Å². The molecule has 3 nitrogen and oxygen atoms in total. The Balaban J connectivity index is 2.04. The van der Waals surface area contributed by atoms with Gasteiger partial charge in [-0.1, -0.05) is 30.7 Å². The van der Waals surface area contributed by atoms with Crippen LogP contribution in [-0.4, -0.2) is 20.8 Å². The Morgan fingerprint density at radius 2 is 1.62 bits per heavy atom. The average Bonchev–Trinajstić information content (AvgIpc) is 2.47. The van der Waals surface area contributed by atoms with Gasteiger partial charge in [0, 0.05) is 17.0 Å². The van der Waals surface area contributed by atoms with E-state index in [1.165, 1.54) is 25.5 Å². The Bertz CT molecular complexity index is 744. The molecular formula is C17H20O3S. The number of hydrogen-bond acceptors (Lipinski definition) is 3. The summed E-state index contributed by atoms with van der Waals surface area (Å²) in [5.74, 6) is 0.796. The van der Waals surface area contributed by atoms with E-state index in [0.717, 1.165) is 29.4 Å². The first kappa shape index (κ1) is 14.4. The molecular weight excluding hydrogens is 284 g/mol. The van der Waals surface area contributed by atoms with E-state index in [-0.39, 0.29) is 6.10 Å². The second-order valence-electron chi connectivity index (χ2n) is 5.76. The van der Waals surface area contributed by atoms with Crippen molar-refractivity contribution in [3.05, 3.63) is 36.4 Å². The molecule has 3 rings (SSSR count). The number of ether oxygens (including phenoxy) is 1. The number of fused-ring (bicyclic) bond motifs is 1. The van der Waals surface area contributed by atoms with Crippen molar-refractivity contribution in [2.24, 2.45) is 0 Å². The minimum Gasteiger partial charge on any atom is -0.490 e. The third-order valence-corrected chi connectivity index (χ3v) is 5.24. The van der Waals surface area contributed by atoms with E-state index in [1.54, 1.807) is 12.1 Å². The number of benzene rings is 2. The van der Waals surface area contributed by atoms with Gasteiger partial charge in [0.05, 0.1) is 11.0 Å². The predicted molar refractivity (Wildman–Crippen MR) is 84.6 cm³/mol. The minimum absolute atomic E-state index is 0.256. The zero-order valence-corrected chi connectivity index (χ0v) is 13.0. The van der Waals surface area contributed by atoms with Crippen LogP contribution in [0.2, 0.25) is 0 Å². The summed E-state index contributed by atoms with van der Waals surface area (Å²) in [5, 5.41) is 1.62. The Hall–Kier alpha value is -1.55. The molecule has 2 aromatic carbocycles. The predicted octanol–water partition coefficient (Wildman–Crippen LogP) is 3.95. The van der Waals surface area contributed by atoms with Crippen LogP contribution in [0.1, 0.15) is 32.1 Å². The SMILES string of the molecule is CS(=O)(=O)c1cccc2c(OC3CCCCC3)cccc12. The van der Waals surface area contributed by atoms with E-state index in [1.807, 2.05) is 24.3 Å². The van der Waals surface area contributed by atoms with Gasteiger partial charge in [0.25, 0.3) is 0 Å². The highest BCUT2D eigenvalue weighted by Gasteiger charge is 2.17. The van der Waals surface area contributed by atoms with Crippen LogP contribution in [0.3, 0.4) is 0 Å². The molecule has 0 aromatic heterocycles. The maximum absolute atomic E-state index is 11.9. The van der Waals surface area contributed by atoms with Crippen molar-refractivity contribution in [1.82, 2.24) is 0 Å². The molecule has 0 spiro atoms. The maximum Gasteiger partial charge on any atom is 0.176 e. The van der Waals surface area contributed by atoms with Gasteiger partial charge in [0.2, 0.25) is 0 Å². The molecule has 0 N–H and O–H groups in total. The number of sulfone groups is 1. The van der Waals surface area contributed by atoms with E-state index >= 15 is 0 Å². The third kappa shape index (κ3) is 3.05. The number of hydrogen-bond donors (Lipinski definition) is 0. The summed E-state index contributed by atoms with van der Waals surface area (Å²) in [5.41, 5.74) is 0. The topological polar surface area (TPSA) is 43.4 Å². The van der Waals surface area contributed by atoms with Gasteiger partial charge < -0.3 is 4.74 Å². The minimum atomic E-state index is -3.23. The summed E-state index contributed by atoms with van der Waals surface area (Å²) in [4.78, 5) is 0.370. The fourth-order valence-corrected chi connectivity index (χ4v) is 3.94. The Kier molecular flexibility index (Phi) is 3.89. The first-order valence-electron chi connectivity index (χ1n) is 7.44. The van der Waals surface area contributed by atoms with Crippen LogP contribution in [0.15, 0.2) is 41.3 Å². The lowest BCUT2D eigenvalue weighted by Gasteiger charge is -2.24. The standard InChI is InChI=1S/C17H20O3S/c1-21(18,19)17-12-6-9-14-15(17)10-5-11-16(14)20-13-7-3-2-4-8-13/h5-6,9-13H,2-4,7-8H2,1H3. The zero-order chi connectivity index (χ0) is 14.9. The van der Waals surface area contributed by atoms with Gasteiger partial charge in [-0.2, -0.15) is 0 Å². The van der Waals surface area contributed by atoms with Crippen LogP contribution >= 0.6 is 0 Å². The largest absolute Gasteiger partial charge is 0.490 e. The monoisotopic (exact) mass is 304 g/mol. The average molecular weight is 304 g/mol. The number of rotatable bonds is 3. The highest BCUT2D eigenvalue weighted by atomic mass is 32.2. The second-order valence-corrected chi connectivity index (χ2v) is 7.74. The van der Waals surface area contributed by atoms with Crippen LogP contribution in [-0.2, 0) is 9.84 Å². The summed E-state index contributed by atoms with van der Waals surface area (Å²) in [6.07, 6.45) is 7.38. The van der Waals surface area contributed by atoms with E-state index in [9.17, 15) is 8.42 Å². The van der Waals surface area contributed by atoms with Crippen LogP contribution in [0.4, 0.5) is 0 Å². The van der Waals surface area contributed by atoms with Crippen molar-refractivity contribution in [2.45, 2.75) is 43.1 Å². The normalized spacial score (nSPS) is 17.0. The smallest absolute Gasteiger partial charge is 0.176 e. The molecule has 0 radical (unpaired) electrons. The van der Waals surface area contributed by atoms with Crippen LogP contribution in [0.25, 0.3) is 10.8 Å². The molecule has 4 heteroatoms. The van der Waals surface area contributed by atoms with Crippen LogP contribution < -0.4 is 4.74 Å². The summed E-state index contributed by atoms with van der Waals surface area (Å²) >= 11 is 0. The molecule has 0 saturated heterocycles. The Morgan fingerprint density at radius 3 is 2.33 bits per heavy atom. The van der Waals surface area contributed by atoms with Crippen LogP contribution in [0.5, 0.6) is 5.75 Å². The van der Waals surface area contributed by atoms with E-state index in [2.05, 4.69) is 0 Å². The molecule has 1 aliphatic carbocycles. The molecule has 2 aromatic rings. The quantitative estimate of drug-likeness (QED) is 0.862. The van der Waals surface area contributed by atoms with Gasteiger partial charge >= 0.3 is 0 Å². The van der Waals surface area contributed by atoms with Gasteiger partial charge in [-0.25, -0.2) is 8.42 Å². The molecule has 1 fully saturated rings. The van der Waals surface area contributed by atoms with Crippen molar-refractivity contribution in [2.75, 3.05) is 6.26 Å². The first-order valence-corrected chi connectivity index (χ1v) is 9.33. The van der Waals surface area contributed by atoms with E-state index < -0.39 is 9.84 Å². The van der Waals surface area contributed by atoms with Crippen molar-refractivity contribution in [3.63, 3.8) is 0 Å². The molecule has 1 aliphatic rings. The molecule has 21 heavy (non-hydrogen) atoms. The fourth-order valence-electron chi connectivity index (χ4n) is 3.04. The molecule has 0 bridgehead atoms. The lowest BCUT2D eigenvalue weighted by Crippen LogP contribution is -2.19. The zero-order valence-electron chi connectivity index (χ0n) is 12.2. The molecule has 0 heterocycles. The van der Waals surface area contributed by atoms with E-state index in [4.69, 9.17) is 4.74 Å². The van der Waals surface area contributed by atoms with Crippen LogP contribution in [0, 0.1) is 0 Å². The molecule has 0 amide bonds. The summed E-state index contributed by atoms with van der Waals surface area (Å²) in [6.45, 7) is 0.